The van der Waals surface area contributed by atoms with E-state index in [9.17, 15) is 4.79 Å². The SMILES string of the molecule is CC1CCn2cc(C(=O)Nc3cccc4ncccc34)nc2C1. The number of imidazole rings is 1. The van der Waals surface area contributed by atoms with Gasteiger partial charge in [0.1, 0.15) is 11.5 Å². The molecule has 23 heavy (non-hydrogen) atoms. The first-order valence-electron chi connectivity index (χ1n) is 7.92. The first-order chi connectivity index (χ1) is 11.2. The summed E-state index contributed by atoms with van der Waals surface area (Å²) >= 11 is 0. The van der Waals surface area contributed by atoms with Crippen molar-refractivity contribution in [2.75, 3.05) is 5.32 Å². The first kappa shape index (κ1) is 13.9. The highest BCUT2D eigenvalue weighted by molar-refractivity contribution is 6.07. The van der Waals surface area contributed by atoms with E-state index in [1.807, 2.05) is 36.5 Å². The quantitative estimate of drug-likeness (QED) is 0.790. The molecule has 0 radical (unpaired) electrons. The van der Waals surface area contributed by atoms with E-state index in [2.05, 4.69) is 26.8 Å². The molecule has 1 N–H and O–H groups in total. The maximum atomic E-state index is 12.5. The lowest BCUT2D eigenvalue weighted by Gasteiger charge is -2.18. The smallest absolute Gasteiger partial charge is 0.275 e. The van der Waals surface area contributed by atoms with Crippen LogP contribution in [0.3, 0.4) is 0 Å². The number of nitrogens with one attached hydrogen (secondary N) is 1. The molecule has 0 saturated heterocycles. The Morgan fingerprint density at radius 1 is 1.30 bits per heavy atom. The van der Waals surface area contributed by atoms with Crippen LogP contribution in [-0.4, -0.2) is 20.4 Å². The van der Waals surface area contributed by atoms with Gasteiger partial charge in [-0.2, -0.15) is 0 Å². The molecule has 0 spiro atoms. The van der Waals surface area contributed by atoms with Gasteiger partial charge in [-0.05, 0) is 36.6 Å². The largest absolute Gasteiger partial charge is 0.334 e. The van der Waals surface area contributed by atoms with Crippen LogP contribution in [0.15, 0.2) is 42.7 Å². The Bertz CT molecular complexity index is 878. The van der Waals surface area contributed by atoms with E-state index in [1.54, 1.807) is 6.20 Å². The average molecular weight is 306 g/mol. The van der Waals surface area contributed by atoms with Crippen molar-refractivity contribution in [1.82, 2.24) is 14.5 Å². The molecule has 0 fully saturated rings. The Kier molecular flexibility index (Phi) is 3.33. The molecule has 1 atom stereocenters. The van der Waals surface area contributed by atoms with Crippen LogP contribution in [0.4, 0.5) is 5.69 Å². The number of aromatic nitrogens is 3. The fraction of sp³-hybridized carbons (Fsp3) is 0.278. The van der Waals surface area contributed by atoms with E-state index in [-0.39, 0.29) is 5.91 Å². The molecule has 2 aromatic heterocycles. The van der Waals surface area contributed by atoms with Crippen LogP contribution < -0.4 is 5.32 Å². The predicted octanol–water partition coefficient (Wildman–Crippen LogP) is 3.27. The summed E-state index contributed by atoms with van der Waals surface area (Å²) in [4.78, 5) is 21.4. The van der Waals surface area contributed by atoms with E-state index >= 15 is 0 Å². The molecule has 4 rings (SSSR count). The Morgan fingerprint density at radius 3 is 3.13 bits per heavy atom. The second-order valence-corrected chi connectivity index (χ2v) is 6.16. The molecular weight excluding hydrogens is 288 g/mol. The highest BCUT2D eigenvalue weighted by Gasteiger charge is 2.20. The summed E-state index contributed by atoms with van der Waals surface area (Å²) in [5.74, 6) is 1.47. The number of carbonyl (C=O) groups excluding carboxylic acids is 1. The van der Waals surface area contributed by atoms with E-state index < -0.39 is 0 Å². The minimum Gasteiger partial charge on any atom is -0.334 e. The summed E-state index contributed by atoms with van der Waals surface area (Å²) in [6.45, 7) is 3.16. The summed E-state index contributed by atoms with van der Waals surface area (Å²) in [6.07, 6.45) is 5.68. The number of anilines is 1. The number of rotatable bonds is 2. The molecule has 5 heteroatoms. The minimum atomic E-state index is -0.170. The molecular formula is C18H18N4O. The van der Waals surface area contributed by atoms with Gasteiger partial charge in [-0.3, -0.25) is 9.78 Å². The maximum Gasteiger partial charge on any atom is 0.275 e. The fourth-order valence-corrected chi connectivity index (χ4v) is 3.09. The van der Waals surface area contributed by atoms with E-state index in [4.69, 9.17) is 0 Å². The number of fused-ring (bicyclic) bond motifs is 2. The van der Waals surface area contributed by atoms with Crippen LogP contribution in [0, 0.1) is 5.92 Å². The average Bonchev–Trinajstić information content (AvgIpc) is 2.98. The lowest BCUT2D eigenvalue weighted by atomic mass is 10.0. The van der Waals surface area contributed by atoms with Gasteiger partial charge in [0.15, 0.2) is 0 Å². The highest BCUT2D eigenvalue weighted by Crippen LogP contribution is 2.23. The molecule has 1 unspecified atom stereocenters. The highest BCUT2D eigenvalue weighted by atomic mass is 16.1. The van der Waals surface area contributed by atoms with Crippen molar-refractivity contribution in [2.24, 2.45) is 5.92 Å². The van der Waals surface area contributed by atoms with Gasteiger partial charge in [0, 0.05) is 30.7 Å². The molecule has 1 amide bonds. The van der Waals surface area contributed by atoms with E-state index in [1.165, 1.54) is 0 Å². The van der Waals surface area contributed by atoms with Crippen molar-refractivity contribution in [2.45, 2.75) is 26.3 Å². The van der Waals surface area contributed by atoms with Crippen LogP contribution in [0.5, 0.6) is 0 Å². The molecule has 1 aliphatic heterocycles. The third-order valence-corrected chi connectivity index (χ3v) is 4.38. The number of hydrogen-bond donors (Lipinski definition) is 1. The Hall–Kier alpha value is -2.69. The maximum absolute atomic E-state index is 12.5. The molecule has 1 aliphatic rings. The Labute approximate surface area is 134 Å². The number of pyridine rings is 1. The molecule has 0 aliphatic carbocycles. The summed E-state index contributed by atoms with van der Waals surface area (Å²) < 4.78 is 2.10. The molecule has 3 aromatic rings. The van der Waals surface area contributed by atoms with Crippen molar-refractivity contribution in [1.29, 1.82) is 0 Å². The molecule has 116 valence electrons. The number of hydrogen-bond acceptors (Lipinski definition) is 3. The molecule has 3 heterocycles. The second-order valence-electron chi connectivity index (χ2n) is 6.16. The number of carbonyl (C=O) groups is 1. The molecule has 1 aromatic carbocycles. The summed E-state index contributed by atoms with van der Waals surface area (Å²) in [5.41, 5.74) is 2.11. The lowest BCUT2D eigenvalue weighted by Crippen LogP contribution is -2.16. The van der Waals surface area contributed by atoms with Crippen molar-refractivity contribution in [3.63, 3.8) is 0 Å². The second kappa shape index (κ2) is 5.50. The minimum absolute atomic E-state index is 0.170. The van der Waals surface area contributed by atoms with Gasteiger partial charge in [0.2, 0.25) is 0 Å². The van der Waals surface area contributed by atoms with Crippen LogP contribution in [0.1, 0.15) is 29.7 Å². The lowest BCUT2D eigenvalue weighted by molar-refractivity contribution is 0.102. The fourth-order valence-electron chi connectivity index (χ4n) is 3.09. The van der Waals surface area contributed by atoms with Gasteiger partial charge in [-0.15, -0.1) is 0 Å². The first-order valence-corrected chi connectivity index (χ1v) is 7.92. The number of benzene rings is 1. The predicted molar refractivity (Wildman–Crippen MR) is 89.4 cm³/mol. The van der Waals surface area contributed by atoms with Gasteiger partial charge < -0.3 is 9.88 Å². The van der Waals surface area contributed by atoms with Crippen LogP contribution in [0.25, 0.3) is 10.9 Å². The summed E-state index contributed by atoms with van der Waals surface area (Å²) in [6, 6.07) is 9.54. The topological polar surface area (TPSA) is 59.8 Å². The molecule has 0 saturated carbocycles. The third kappa shape index (κ3) is 2.59. The van der Waals surface area contributed by atoms with Gasteiger partial charge >= 0.3 is 0 Å². The standard InChI is InChI=1S/C18H18N4O/c1-12-7-9-22-11-16(20-17(22)10-12)18(23)21-15-6-2-5-14-13(15)4-3-8-19-14/h2-6,8,11-12H,7,9-10H2,1H3,(H,21,23). The van der Waals surface area contributed by atoms with Gasteiger partial charge in [-0.25, -0.2) is 4.98 Å². The zero-order valence-electron chi connectivity index (χ0n) is 13.0. The third-order valence-electron chi connectivity index (χ3n) is 4.38. The van der Waals surface area contributed by atoms with E-state index in [0.717, 1.165) is 41.8 Å². The molecule has 0 bridgehead atoms. The summed E-state index contributed by atoms with van der Waals surface area (Å²) in [5, 5.41) is 3.90. The monoisotopic (exact) mass is 306 g/mol. The van der Waals surface area contributed by atoms with Crippen LogP contribution in [-0.2, 0) is 13.0 Å². The number of amides is 1. The normalized spacial score (nSPS) is 17.0. The van der Waals surface area contributed by atoms with Crippen molar-refractivity contribution in [3.05, 3.63) is 54.2 Å². The van der Waals surface area contributed by atoms with Gasteiger partial charge in [-0.1, -0.05) is 13.0 Å². The summed E-state index contributed by atoms with van der Waals surface area (Å²) in [7, 11) is 0. The number of nitrogens with zero attached hydrogens (tertiary/aromatic N) is 3. The van der Waals surface area contributed by atoms with Crippen molar-refractivity contribution >= 4 is 22.5 Å². The van der Waals surface area contributed by atoms with Gasteiger partial charge in [0.05, 0.1) is 11.2 Å². The zero-order valence-corrected chi connectivity index (χ0v) is 13.0. The van der Waals surface area contributed by atoms with Crippen molar-refractivity contribution < 1.29 is 4.79 Å². The number of aryl methyl sites for hydroxylation is 1. The molecule has 5 nitrogen and oxygen atoms in total. The van der Waals surface area contributed by atoms with Crippen LogP contribution in [0.2, 0.25) is 0 Å². The Balaban J connectivity index is 1.63. The zero-order chi connectivity index (χ0) is 15.8. The van der Waals surface area contributed by atoms with Crippen molar-refractivity contribution in [3.8, 4) is 0 Å². The van der Waals surface area contributed by atoms with Gasteiger partial charge in [0.25, 0.3) is 5.91 Å². The van der Waals surface area contributed by atoms with E-state index in [0.29, 0.717) is 11.6 Å². The van der Waals surface area contributed by atoms with Crippen LogP contribution >= 0.6 is 0 Å². The Morgan fingerprint density at radius 2 is 2.22 bits per heavy atom.